The van der Waals surface area contributed by atoms with E-state index in [0.29, 0.717) is 5.56 Å². The zero-order chi connectivity index (χ0) is 12.4. The van der Waals surface area contributed by atoms with E-state index >= 15 is 0 Å². The van der Waals surface area contributed by atoms with Crippen LogP contribution in [0.5, 0.6) is 5.75 Å². The Morgan fingerprint density at radius 1 is 1.53 bits per heavy atom. The first-order valence-electron chi connectivity index (χ1n) is 4.59. The van der Waals surface area contributed by atoms with Crippen molar-refractivity contribution in [3.63, 3.8) is 0 Å². The Morgan fingerprint density at radius 2 is 2.29 bits per heavy atom. The molecule has 1 aromatic carbocycles. The molecule has 17 heavy (non-hydrogen) atoms. The van der Waals surface area contributed by atoms with Crippen LogP contribution in [0.1, 0.15) is 11.1 Å². The fourth-order valence-corrected chi connectivity index (χ4v) is 1.43. The molecule has 1 N–H and O–H groups in total. The highest BCUT2D eigenvalue weighted by molar-refractivity contribution is 5.86. The summed E-state index contributed by atoms with van der Waals surface area (Å²) in [6.07, 6.45) is 2.00. The number of rotatable bonds is 3. The van der Waals surface area contributed by atoms with Crippen molar-refractivity contribution in [1.82, 2.24) is 0 Å². The maximum absolute atomic E-state index is 10.8. The van der Waals surface area contributed by atoms with E-state index in [9.17, 15) is 14.9 Å². The number of carboxylic acids is 1. The number of aliphatic carboxylic acids is 1. The molecule has 0 bridgehead atoms. The lowest BCUT2D eigenvalue weighted by Crippen LogP contribution is -1.94. The molecule has 88 valence electrons. The first kappa shape index (κ1) is 11.1. The number of hydrogen-bond donors (Lipinski definition) is 1. The Balaban J connectivity index is 2.48. The summed E-state index contributed by atoms with van der Waals surface area (Å²) in [5, 5.41) is 19.3. The van der Waals surface area contributed by atoms with E-state index in [0.717, 1.165) is 6.08 Å². The number of fused-ring (bicyclic) bond motifs is 1. The molecule has 0 fully saturated rings. The predicted octanol–water partition coefficient (Wildman–Crippen LogP) is 1.52. The van der Waals surface area contributed by atoms with Gasteiger partial charge in [-0.15, -0.1) is 0 Å². The lowest BCUT2D eigenvalue weighted by molar-refractivity contribution is -0.385. The van der Waals surface area contributed by atoms with Gasteiger partial charge in [-0.25, -0.2) is 4.79 Å². The largest absolute Gasteiger partial charge is 0.478 e. The molecule has 0 spiro atoms. The predicted molar refractivity (Wildman–Crippen MR) is 55.2 cm³/mol. The number of carboxylic acid groups (broad SMARTS) is 1. The molecule has 7 heteroatoms. The molecule has 7 nitrogen and oxygen atoms in total. The third-order valence-electron chi connectivity index (χ3n) is 2.18. The van der Waals surface area contributed by atoms with Gasteiger partial charge in [-0.2, -0.15) is 4.89 Å². The molecule has 2 rings (SSSR count). The highest BCUT2D eigenvalue weighted by atomic mass is 17.2. The molecule has 1 aliphatic heterocycles. The quantitative estimate of drug-likeness (QED) is 0.370. The molecule has 0 aliphatic carbocycles. The Kier molecular flexibility index (Phi) is 2.75. The lowest BCUT2D eigenvalue weighted by Gasteiger charge is -1.99. The van der Waals surface area contributed by atoms with Crippen molar-refractivity contribution < 1.29 is 24.6 Å². The number of hydrogen-bond acceptors (Lipinski definition) is 5. The van der Waals surface area contributed by atoms with Gasteiger partial charge >= 0.3 is 5.97 Å². The van der Waals surface area contributed by atoms with Crippen LogP contribution in [0, 0.1) is 10.1 Å². The molecule has 0 atom stereocenters. The summed E-state index contributed by atoms with van der Waals surface area (Å²) >= 11 is 0. The van der Waals surface area contributed by atoms with E-state index in [1.807, 2.05) is 0 Å². The first-order valence-corrected chi connectivity index (χ1v) is 4.59. The van der Waals surface area contributed by atoms with Gasteiger partial charge in [0, 0.05) is 11.6 Å². The number of nitro benzene ring substituents is 1. The van der Waals surface area contributed by atoms with Crippen LogP contribution in [0.2, 0.25) is 0 Å². The second-order valence-corrected chi connectivity index (χ2v) is 3.29. The van der Waals surface area contributed by atoms with Crippen LogP contribution in [0.4, 0.5) is 5.69 Å². The molecular weight excluding hydrogens is 230 g/mol. The van der Waals surface area contributed by atoms with Crippen LogP contribution in [0.25, 0.3) is 6.08 Å². The Morgan fingerprint density at radius 3 is 2.94 bits per heavy atom. The first-order chi connectivity index (χ1) is 8.08. The molecule has 0 aromatic heterocycles. The third-order valence-corrected chi connectivity index (χ3v) is 2.18. The molecule has 0 saturated carbocycles. The van der Waals surface area contributed by atoms with Crippen molar-refractivity contribution in [2.75, 3.05) is 0 Å². The van der Waals surface area contributed by atoms with E-state index in [4.69, 9.17) is 9.99 Å². The SMILES string of the molecule is O=C(O)C=Cc1cc2c(cc1[N+](=O)[O-])OOC2. The highest BCUT2D eigenvalue weighted by Crippen LogP contribution is 2.33. The van der Waals surface area contributed by atoms with Crippen molar-refractivity contribution in [2.45, 2.75) is 6.61 Å². The summed E-state index contributed by atoms with van der Waals surface area (Å²) in [6.45, 7) is 0.182. The standard InChI is InChI=1S/C10H7NO6/c12-10(13)2-1-6-3-7-5-16-17-9(7)4-8(6)11(14)15/h1-4H,5H2,(H,12,13). The van der Waals surface area contributed by atoms with Gasteiger partial charge in [-0.1, -0.05) is 0 Å². The van der Waals surface area contributed by atoms with Crippen LogP contribution < -0.4 is 4.89 Å². The van der Waals surface area contributed by atoms with Gasteiger partial charge in [0.2, 0.25) is 0 Å². The Bertz CT molecular complexity index is 522. The Labute approximate surface area is 95.0 Å². The maximum atomic E-state index is 10.8. The van der Waals surface area contributed by atoms with Crippen LogP contribution >= 0.6 is 0 Å². The highest BCUT2D eigenvalue weighted by Gasteiger charge is 2.22. The molecular formula is C10H7NO6. The smallest absolute Gasteiger partial charge is 0.328 e. The number of nitro groups is 1. The zero-order valence-corrected chi connectivity index (χ0v) is 8.45. The number of benzene rings is 1. The van der Waals surface area contributed by atoms with E-state index < -0.39 is 10.9 Å². The number of nitrogens with zero attached hydrogens (tertiary/aromatic N) is 1. The summed E-state index contributed by atoms with van der Waals surface area (Å²) in [4.78, 5) is 30.0. The van der Waals surface area contributed by atoms with Crippen LogP contribution in [-0.2, 0) is 16.3 Å². The van der Waals surface area contributed by atoms with Gasteiger partial charge in [0.05, 0.1) is 16.6 Å². The van der Waals surface area contributed by atoms with Gasteiger partial charge in [-0.05, 0) is 12.1 Å². The normalized spacial score (nSPS) is 13.4. The molecule has 0 unspecified atom stereocenters. The minimum Gasteiger partial charge on any atom is -0.478 e. The van der Waals surface area contributed by atoms with Crippen molar-refractivity contribution in [2.24, 2.45) is 0 Å². The zero-order valence-electron chi connectivity index (χ0n) is 8.45. The van der Waals surface area contributed by atoms with Crippen molar-refractivity contribution in [3.05, 3.63) is 39.4 Å². The van der Waals surface area contributed by atoms with E-state index in [1.165, 1.54) is 18.2 Å². The Hall–Kier alpha value is -2.41. The average Bonchev–Trinajstić information content (AvgIpc) is 2.71. The second-order valence-electron chi connectivity index (χ2n) is 3.29. The molecule has 1 aliphatic rings. The fraction of sp³-hybridized carbons (Fsp3) is 0.100. The molecule has 1 heterocycles. The summed E-state index contributed by atoms with van der Waals surface area (Å²) < 4.78 is 0. The second kappa shape index (κ2) is 4.22. The molecule has 1 aromatic rings. The van der Waals surface area contributed by atoms with Gasteiger partial charge in [0.15, 0.2) is 5.75 Å². The topological polar surface area (TPSA) is 98.9 Å². The number of carbonyl (C=O) groups is 1. The van der Waals surface area contributed by atoms with Gasteiger partial charge < -0.3 is 9.99 Å². The summed E-state index contributed by atoms with van der Waals surface area (Å²) in [5.74, 6) is -0.892. The minimum absolute atomic E-state index is 0.182. The molecule has 0 radical (unpaired) electrons. The lowest BCUT2D eigenvalue weighted by atomic mass is 10.1. The third kappa shape index (κ3) is 2.23. The monoisotopic (exact) mass is 237 g/mol. The van der Waals surface area contributed by atoms with Crippen LogP contribution in [-0.4, -0.2) is 16.0 Å². The fourth-order valence-electron chi connectivity index (χ4n) is 1.43. The average molecular weight is 237 g/mol. The van der Waals surface area contributed by atoms with Gasteiger partial charge in [-0.3, -0.25) is 10.1 Å². The maximum Gasteiger partial charge on any atom is 0.328 e. The minimum atomic E-state index is -1.17. The molecule has 0 saturated heterocycles. The van der Waals surface area contributed by atoms with Crippen molar-refractivity contribution >= 4 is 17.7 Å². The summed E-state index contributed by atoms with van der Waals surface area (Å²) in [7, 11) is 0. The van der Waals surface area contributed by atoms with Crippen LogP contribution in [0.3, 0.4) is 0 Å². The van der Waals surface area contributed by atoms with Gasteiger partial charge in [0.25, 0.3) is 5.69 Å². The van der Waals surface area contributed by atoms with Crippen molar-refractivity contribution in [3.8, 4) is 5.75 Å². The van der Waals surface area contributed by atoms with E-state index in [-0.39, 0.29) is 23.6 Å². The van der Waals surface area contributed by atoms with E-state index in [1.54, 1.807) is 0 Å². The molecule has 0 amide bonds. The van der Waals surface area contributed by atoms with Crippen LogP contribution in [0.15, 0.2) is 18.2 Å². The van der Waals surface area contributed by atoms with E-state index in [2.05, 4.69) is 4.89 Å². The van der Waals surface area contributed by atoms with Gasteiger partial charge in [0.1, 0.15) is 6.61 Å². The summed E-state index contributed by atoms with van der Waals surface area (Å²) in [6, 6.07) is 2.68. The van der Waals surface area contributed by atoms with Crippen molar-refractivity contribution in [1.29, 1.82) is 0 Å². The summed E-state index contributed by atoms with van der Waals surface area (Å²) in [5.41, 5.74) is 0.609.